The lowest BCUT2D eigenvalue weighted by Gasteiger charge is -2.27. The number of likely N-dealkylation sites (N-methyl/N-ethyl adjacent to an activating group) is 1. The molecule has 138 valence electrons. The molecule has 1 N–H and O–H groups in total. The molecule has 0 atom stereocenters. The van der Waals surface area contributed by atoms with Crippen molar-refractivity contribution in [3.05, 3.63) is 76.2 Å². The number of pyridine rings is 1. The van der Waals surface area contributed by atoms with E-state index in [1.54, 1.807) is 13.0 Å². The highest BCUT2D eigenvalue weighted by Crippen LogP contribution is 2.27. The highest BCUT2D eigenvalue weighted by atomic mass is 19.1. The van der Waals surface area contributed by atoms with Gasteiger partial charge >= 0.3 is 0 Å². The second-order valence-corrected chi connectivity index (χ2v) is 7.18. The second kappa shape index (κ2) is 7.08. The minimum absolute atomic E-state index is 0.138. The number of nitrogens with one attached hydrogen (secondary N) is 1. The van der Waals surface area contributed by atoms with Gasteiger partial charge in [-0.25, -0.2) is 4.39 Å². The zero-order valence-corrected chi connectivity index (χ0v) is 15.6. The smallest absolute Gasteiger partial charge is 0.252 e. The van der Waals surface area contributed by atoms with Gasteiger partial charge in [-0.15, -0.1) is 0 Å². The Bertz CT molecular complexity index is 1030. The molecule has 27 heavy (non-hydrogen) atoms. The minimum Gasteiger partial charge on any atom is -0.348 e. The van der Waals surface area contributed by atoms with Crippen LogP contribution in [0.3, 0.4) is 0 Å². The second-order valence-electron chi connectivity index (χ2n) is 7.18. The first kappa shape index (κ1) is 17.6. The van der Waals surface area contributed by atoms with Gasteiger partial charge in [0.05, 0.1) is 11.1 Å². The molecular formula is C22H22FN3O. The van der Waals surface area contributed by atoms with E-state index in [0.29, 0.717) is 17.7 Å². The molecule has 0 spiro atoms. The van der Waals surface area contributed by atoms with Crippen LogP contribution in [0.2, 0.25) is 0 Å². The molecule has 0 bridgehead atoms. The zero-order chi connectivity index (χ0) is 19.0. The van der Waals surface area contributed by atoms with Crippen molar-refractivity contribution >= 4 is 16.8 Å². The molecule has 0 radical (unpaired) electrons. The number of hydrogen-bond acceptors (Lipinski definition) is 3. The summed E-state index contributed by atoms with van der Waals surface area (Å²) in [6.07, 6.45) is 0.833. The van der Waals surface area contributed by atoms with Crippen molar-refractivity contribution in [2.24, 2.45) is 0 Å². The molecular weight excluding hydrogens is 341 g/mol. The van der Waals surface area contributed by atoms with Crippen molar-refractivity contribution in [1.29, 1.82) is 0 Å². The Morgan fingerprint density at radius 1 is 1.26 bits per heavy atom. The molecule has 1 amide bonds. The molecule has 1 aliphatic rings. The fourth-order valence-electron chi connectivity index (χ4n) is 3.60. The molecule has 2 aromatic carbocycles. The highest BCUT2D eigenvalue weighted by molar-refractivity contribution is 6.07. The summed E-state index contributed by atoms with van der Waals surface area (Å²) >= 11 is 0. The number of para-hydroxylation sites is 1. The molecule has 3 aromatic rings. The van der Waals surface area contributed by atoms with E-state index in [1.807, 2.05) is 30.3 Å². The lowest BCUT2D eigenvalue weighted by atomic mass is 9.95. The van der Waals surface area contributed by atoms with E-state index in [0.717, 1.165) is 40.7 Å². The third-order valence-electron chi connectivity index (χ3n) is 5.15. The normalized spacial score (nSPS) is 14.2. The van der Waals surface area contributed by atoms with Crippen molar-refractivity contribution < 1.29 is 9.18 Å². The van der Waals surface area contributed by atoms with Crippen molar-refractivity contribution in [2.75, 3.05) is 13.6 Å². The first-order valence-corrected chi connectivity index (χ1v) is 9.15. The summed E-state index contributed by atoms with van der Waals surface area (Å²) in [6, 6.07) is 12.8. The standard InChI is InChI=1S/C22H22FN3O/c1-14-7-8-15(11-18(14)23)12-24-22(27)21-16-5-3-4-6-19(16)25-20-9-10-26(2)13-17(20)21/h3-8,11H,9-10,12-13H2,1-2H3,(H,24,27). The molecule has 0 aliphatic carbocycles. The number of fused-ring (bicyclic) bond motifs is 2. The van der Waals surface area contributed by atoms with E-state index in [9.17, 15) is 9.18 Å². The highest BCUT2D eigenvalue weighted by Gasteiger charge is 2.24. The topological polar surface area (TPSA) is 45.2 Å². The van der Waals surface area contributed by atoms with Crippen molar-refractivity contribution in [2.45, 2.75) is 26.4 Å². The van der Waals surface area contributed by atoms with Crippen LogP contribution in [-0.4, -0.2) is 29.4 Å². The number of carbonyl (C=O) groups is 1. The molecule has 0 saturated heterocycles. The van der Waals surface area contributed by atoms with Crippen LogP contribution in [0.15, 0.2) is 42.5 Å². The molecule has 1 aromatic heterocycles. The Hall–Kier alpha value is -2.79. The molecule has 0 fully saturated rings. The summed E-state index contributed by atoms with van der Waals surface area (Å²) < 4.78 is 13.8. The van der Waals surface area contributed by atoms with E-state index in [1.165, 1.54) is 6.07 Å². The molecule has 0 saturated carbocycles. The van der Waals surface area contributed by atoms with Gasteiger partial charge in [0.1, 0.15) is 5.82 Å². The predicted octanol–water partition coefficient (Wildman–Crippen LogP) is 3.60. The number of amides is 1. The fraction of sp³-hybridized carbons (Fsp3) is 0.273. The quantitative estimate of drug-likeness (QED) is 0.773. The van der Waals surface area contributed by atoms with E-state index < -0.39 is 0 Å². The van der Waals surface area contributed by atoms with Crippen molar-refractivity contribution in [1.82, 2.24) is 15.2 Å². The van der Waals surface area contributed by atoms with E-state index in [2.05, 4.69) is 17.3 Å². The maximum absolute atomic E-state index is 13.8. The number of halogens is 1. The van der Waals surface area contributed by atoms with Gasteiger partial charge in [0.2, 0.25) is 0 Å². The van der Waals surface area contributed by atoms with Crippen LogP contribution in [0.4, 0.5) is 4.39 Å². The van der Waals surface area contributed by atoms with Gasteiger partial charge in [-0.2, -0.15) is 0 Å². The Kier molecular flexibility index (Phi) is 4.62. The van der Waals surface area contributed by atoms with E-state index >= 15 is 0 Å². The average Bonchev–Trinajstić information content (AvgIpc) is 2.67. The van der Waals surface area contributed by atoms with Gasteiger partial charge in [0.15, 0.2) is 0 Å². The number of rotatable bonds is 3. The number of aryl methyl sites for hydroxylation is 1. The fourth-order valence-corrected chi connectivity index (χ4v) is 3.60. The Labute approximate surface area is 158 Å². The van der Waals surface area contributed by atoms with Gasteiger partial charge in [0.25, 0.3) is 5.91 Å². The Morgan fingerprint density at radius 2 is 2.07 bits per heavy atom. The van der Waals surface area contributed by atoms with Crippen molar-refractivity contribution in [3.63, 3.8) is 0 Å². The summed E-state index contributed by atoms with van der Waals surface area (Å²) in [5, 5.41) is 3.83. The number of hydrogen-bond donors (Lipinski definition) is 1. The molecule has 5 heteroatoms. The van der Waals surface area contributed by atoms with Gasteiger partial charge < -0.3 is 10.2 Å². The van der Waals surface area contributed by atoms with Gasteiger partial charge in [-0.05, 0) is 37.2 Å². The third-order valence-corrected chi connectivity index (χ3v) is 5.15. The van der Waals surface area contributed by atoms with Crippen LogP contribution < -0.4 is 5.32 Å². The first-order valence-electron chi connectivity index (χ1n) is 9.15. The largest absolute Gasteiger partial charge is 0.348 e. The maximum Gasteiger partial charge on any atom is 0.252 e. The predicted molar refractivity (Wildman–Crippen MR) is 104 cm³/mol. The summed E-state index contributed by atoms with van der Waals surface area (Å²) in [5.41, 5.74) is 4.87. The van der Waals surface area contributed by atoms with Crippen LogP contribution in [0.5, 0.6) is 0 Å². The molecule has 4 nitrogen and oxygen atoms in total. The van der Waals surface area contributed by atoms with Crippen LogP contribution in [0.1, 0.15) is 32.7 Å². The van der Waals surface area contributed by atoms with Gasteiger partial charge in [-0.3, -0.25) is 9.78 Å². The minimum atomic E-state index is -0.255. The third kappa shape index (κ3) is 3.43. The summed E-state index contributed by atoms with van der Waals surface area (Å²) in [7, 11) is 2.05. The van der Waals surface area contributed by atoms with Crippen LogP contribution in [0.25, 0.3) is 10.9 Å². The summed E-state index contributed by atoms with van der Waals surface area (Å²) in [4.78, 5) is 20.1. The Morgan fingerprint density at radius 3 is 2.89 bits per heavy atom. The molecule has 2 heterocycles. The monoisotopic (exact) mass is 363 g/mol. The maximum atomic E-state index is 13.8. The number of nitrogens with zero attached hydrogens (tertiary/aromatic N) is 2. The van der Waals surface area contributed by atoms with Gasteiger partial charge in [0, 0.05) is 42.7 Å². The van der Waals surface area contributed by atoms with Crippen LogP contribution >= 0.6 is 0 Å². The Balaban J connectivity index is 1.70. The lowest BCUT2D eigenvalue weighted by molar-refractivity contribution is 0.0950. The average molecular weight is 363 g/mol. The molecule has 0 unspecified atom stereocenters. The SMILES string of the molecule is Cc1ccc(CNC(=O)c2c3c(nc4ccccc24)CCN(C)C3)cc1F. The zero-order valence-electron chi connectivity index (χ0n) is 15.6. The van der Waals surface area contributed by atoms with Gasteiger partial charge in [-0.1, -0.05) is 30.3 Å². The summed E-state index contributed by atoms with van der Waals surface area (Å²) in [5.74, 6) is -0.392. The van der Waals surface area contributed by atoms with Crippen LogP contribution in [0, 0.1) is 12.7 Å². The summed E-state index contributed by atoms with van der Waals surface area (Å²) in [6.45, 7) is 3.65. The van der Waals surface area contributed by atoms with E-state index in [4.69, 9.17) is 4.98 Å². The molecule has 4 rings (SSSR count). The lowest BCUT2D eigenvalue weighted by Crippen LogP contribution is -2.32. The van der Waals surface area contributed by atoms with Crippen molar-refractivity contribution in [3.8, 4) is 0 Å². The van der Waals surface area contributed by atoms with E-state index in [-0.39, 0.29) is 18.3 Å². The number of carbonyl (C=O) groups excluding carboxylic acids is 1. The number of aromatic nitrogens is 1. The van der Waals surface area contributed by atoms with Crippen LogP contribution in [-0.2, 0) is 19.5 Å². The number of benzene rings is 2. The first-order chi connectivity index (χ1) is 13.0. The molecule has 1 aliphatic heterocycles.